The number of hydrogen-bond donors (Lipinski definition) is 1. The zero-order valence-electron chi connectivity index (χ0n) is 20.3. The van der Waals surface area contributed by atoms with Gasteiger partial charge in [-0.2, -0.15) is 4.31 Å². The Kier molecular flexibility index (Phi) is 6.82. The number of nitrogens with one attached hydrogen (secondary N) is 1. The fourth-order valence-electron chi connectivity index (χ4n) is 5.13. The number of aryl methyl sites for hydroxylation is 4. The predicted molar refractivity (Wildman–Crippen MR) is 134 cm³/mol. The Morgan fingerprint density at radius 2 is 1.76 bits per heavy atom. The van der Waals surface area contributed by atoms with E-state index in [1.165, 1.54) is 4.90 Å². The van der Waals surface area contributed by atoms with Gasteiger partial charge in [0, 0.05) is 30.4 Å². The SMILES string of the molecule is Cc1cc(C)c(NC(=O)CN2C(=O)CCc3cc(S(=O)(=O)N4CCCC[C@@H]4C)ccc32)c(C)c1. The van der Waals surface area contributed by atoms with Crippen molar-refractivity contribution < 1.29 is 18.0 Å². The summed E-state index contributed by atoms with van der Waals surface area (Å²) in [4.78, 5) is 27.3. The third-order valence-electron chi connectivity index (χ3n) is 6.84. The molecule has 2 aliphatic heterocycles. The van der Waals surface area contributed by atoms with E-state index in [-0.39, 0.29) is 35.7 Å². The molecule has 1 fully saturated rings. The fraction of sp³-hybridized carbons (Fsp3) is 0.462. The van der Waals surface area contributed by atoms with Crippen molar-refractivity contribution in [2.45, 2.75) is 70.7 Å². The van der Waals surface area contributed by atoms with Crippen molar-refractivity contribution in [3.05, 3.63) is 52.6 Å². The lowest BCUT2D eigenvalue weighted by molar-refractivity contribution is -0.121. The summed E-state index contributed by atoms with van der Waals surface area (Å²) < 4.78 is 28.1. The number of anilines is 2. The van der Waals surface area contributed by atoms with Crippen molar-refractivity contribution in [2.24, 2.45) is 0 Å². The molecule has 8 heteroatoms. The molecule has 2 aromatic rings. The zero-order valence-corrected chi connectivity index (χ0v) is 21.2. The predicted octanol–water partition coefficient (Wildman–Crippen LogP) is 4.09. The minimum atomic E-state index is -3.60. The second-order valence-corrected chi connectivity index (χ2v) is 11.4. The molecule has 2 heterocycles. The third kappa shape index (κ3) is 4.74. The van der Waals surface area contributed by atoms with Crippen LogP contribution in [0.5, 0.6) is 0 Å². The minimum absolute atomic E-state index is 0.0229. The molecular formula is C26H33N3O4S. The van der Waals surface area contributed by atoms with E-state index in [0.29, 0.717) is 18.7 Å². The van der Waals surface area contributed by atoms with E-state index in [9.17, 15) is 18.0 Å². The summed E-state index contributed by atoms with van der Waals surface area (Å²) >= 11 is 0. The van der Waals surface area contributed by atoms with Gasteiger partial charge >= 0.3 is 0 Å². The molecule has 0 spiro atoms. The first-order valence-electron chi connectivity index (χ1n) is 11.9. The van der Waals surface area contributed by atoms with Crippen LogP contribution in [0.4, 0.5) is 11.4 Å². The third-order valence-corrected chi connectivity index (χ3v) is 8.85. The van der Waals surface area contributed by atoms with Crippen LogP contribution in [-0.4, -0.2) is 43.7 Å². The van der Waals surface area contributed by atoms with E-state index < -0.39 is 10.0 Å². The molecule has 0 aromatic heterocycles. The number of sulfonamides is 1. The first-order valence-corrected chi connectivity index (χ1v) is 13.3. The molecular weight excluding hydrogens is 450 g/mol. The minimum Gasteiger partial charge on any atom is -0.324 e. The van der Waals surface area contributed by atoms with E-state index in [2.05, 4.69) is 5.32 Å². The number of carbonyl (C=O) groups excluding carboxylic acids is 2. The van der Waals surface area contributed by atoms with Gasteiger partial charge in [-0.3, -0.25) is 9.59 Å². The van der Waals surface area contributed by atoms with Crippen LogP contribution in [0.15, 0.2) is 35.2 Å². The van der Waals surface area contributed by atoms with Crippen LogP contribution in [0.25, 0.3) is 0 Å². The number of hydrogen-bond acceptors (Lipinski definition) is 4. The van der Waals surface area contributed by atoms with E-state index in [1.807, 2.05) is 39.8 Å². The normalized spacial score (nSPS) is 19.1. The Labute approximate surface area is 202 Å². The number of amides is 2. The fourth-order valence-corrected chi connectivity index (χ4v) is 6.88. The zero-order chi connectivity index (χ0) is 24.6. The topological polar surface area (TPSA) is 86.8 Å². The summed E-state index contributed by atoms with van der Waals surface area (Å²) in [6.45, 7) is 8.27. The molecule has 0 radical (unpaired) electrons. The number of rotatable bonds is 5. The van der Waals surface area contributed by atoms with Crippen molar-refractivity contribution in [1.29, 1.82) is 0 Å². The van der Waals surface area contributed by atoms with Gasteiger partial charge in [0.25, 0.3) is 0 Å². The molecule has 0 saturated carbocycles. The van der Waals surface area contributed by atoms with Crippen LogP contribution in [0.3, 0.4) is 0 Å². The lowest BCUT2D eigenvalue weighted by Crippen LogP contribution is -2.42. The molecule has 2 amide bonds. The van der Waals surface area contributed by atoms with E-state index in [0.717, 1.165) is 47.2 Å². The maximum atomic E-state index is 13.3. The first kappa shape index (κ1) is 24.4. The van der Waals surface area contributed by atoms with Gasteiger partial charge in [0.1, 0.15) is 6.54 Å². The van der Waals surface area contributed by atoms with Gasteiger partial charge in [-0.1, -0.05) is 24.1 Å². The van der Waals surface area contributed by atoms with Gasteiger partial charge in [0.15, 0.2) is 0 Å². The average Bonchev–Trinajstić information content (AvgIpc) is 2.78. The Hall–Kier alpha value is -2.71. The van der Waals surface area contributed by atoms with Gasteiger partial charge in [0.05, 0.1) is 4.90 Å². The van der Waals surface area contributed by atoms with Crippen molar-refractivity contribution in [2.75, 3.05) is 23.3 Å². The summed E-state index contributed by atoms with van der Waals surface area (Å²) in [6, 6.07) is 8.91. The molecule has 1 saturated heterocycles. The Morgan fingerprint density at radius 1 is 1.06 bits per heavy atom. The summed E-state index contributed by atoms with van der Waals surface area (Å²) in [5.41, 5.74) is 5.21. The number of fused-ring (bicyclic) bond motifs is 1. The van der Waals surface area contributed by atoms with E-state index in [1.54, 1.807) is 22.5 Å². The maximum Gasteiger partial charge on any atom is 0.244 e. The second kappa shape index (κ2) is 9.50. The van der Waals surface area contributed by atoms with E-state index >= 15 is 0 Å². The number of nitrogens with zero attached hydrogens (tertiary/aromatic N) is 2. The molecule has 182 valence electrons. The van der Waals surface area contributed by atoms with Crippen LogP contribution in [0.2, 0.25) is 0 Å². The van der Waals surface area contributed by atoms with Crippen LogP contribution in [0.1, 0.15) is 54.9 Å². The highest BCUT2D eigenvalue weighted by molar-refractivity contribution is 7.89. The lowest BCUT2D eigenvalue weighted by atomic mass is 10.0. The second-order valence-electron chi connectivity index (χ2n) is 9.55. The van der Waals surface area contributed by atoms with Gasteiger partial charge < -0.3 is 10.2 Å². The van der Waals surface area contributed by atoms with Crippen molar-refractivity contribution in [1.82, 2.24) is 4.31 Å². The van der Waals surface area contributed by atoms with Crippen LogP contribution >= 0.6 is 0 Å². The standard InChI is InChI=1S/C26H33N3O4S/c1-17-13-18(2)26(19(3)14-17)27-24(30)16-28-23-10-9-22(15-21(23)8-11-25(28)31)34(32,33)29-12-6-5-7-20(29)4/h9-10,13-15,20H,5-8,11-12,16H2,1-4H3,(H,27,30)/t20-/m0/s1. The summed E-state index contributed by atoms with van der Waals surface area (Å²) in [5.74, 6) is -0.421. The van der Waals surface area contributed by atoms with Crippen molar-refractivity contribution >= 4 is 33.2 Å². The molecule has 2 aromatic carbocycles. The molecule has 0 bridgehead atoms. The van der Waals surface area contributed by atoms with Crippen molar-refractivity contribution in [3.8, 4) is 0 Å². The molecule has 0 aliphatic carbocycles. The largest absolute Gasteiger partial charge is 0.324 e. The van der Waals surface area contributed by atoms with Gasteiger partial charge in [0.2, 0.25) is 21.8 Å². The lowest BCUT2D eigenvalue weighted by Gasteiger charge is -2.33. The number of piperidine rings is 1. The number of carbonyl (C=O) groups is 2. The summed E-state index contributed by atoms with van der Waals surface area (Å²) in [7, 11) is -3.60. The highest BCUT2D eigenvalue weighted by Gasteiger charge is 2.33. The Morgan fingerprint density at radius 3 is 2.44 bits per heavy atom. The number of benzene rings is 2. The Balaban J connectivity index is 1.57. The van der Waals surface area contributed by atoms with Crippen molar-refractivity contribution in [3.63, 3.8) is 0 Å². The monoisotopic (exact) mass is 483 g/mol. The molecule has 1 N–H and O–H groups in total. The summed E-state index contributed by atoms with van der Waals surface area (Å²) in [6.07, 6.45) is 3.47. The average molecular weight is 484 g/mol. The summed E-state index contributed by atoms with van der Waals surface area (Å²) in [5, 5.41) is 2.95. The van der Waals surface area contributed by atoms with Crippen LogP contribution in [0, 0.1) is 20.8 Å². The molecule has 4 rings (SSSR count). The molecule has 7 nitrogen and oxygen atoms in total. The molecule has 1 atom stereocenters. The maximum absolute atomic E-state index is 13.3. The molecule has 2 aliphatic rings. The van der Waals surface area contributed by atoms with Gasteiger partial charge in [-0.25, -0.2) is 8.42 Å². The molecule has 34 heavy (non-hydrogen) atoms. The van der Waals surface area contributed by atoms with Gasteiger partial charge in [-0.15, -0.1) is 0 Å². The van der Waals surface area contributed by atoms with Crippen LogP contribution < -0.4 is 10.2 Å². The first-order chi connectivity index (χ1) is 16.1. The quantitative estimate of drug-likeness (QED) is 0.694. The van der Waals surface area contributed by atoms with Crippen LogP contribution in [-0.2, 0) is 26.0 Å². The molecule has 0 unspecified atom stereocenters. The highest BCUT2D eigenvalue weighted by Crippen LogP contribution is 2.33. The van der Waals surface area contributed by atoms with E-state index in [4.69, 9.17) is 0 Å². The van der Waals surface area contributed by atoms with Gasteiger partial charge in [-0.05, 0) is 81.8 Å². The smallest absolute Gasteiger partial charge is 0.244 e. The highest BCUT2D eigenvalue weighted by atomic mass is 32.2. The Bertz CT molecular complexity index is 1220.